The molecule has 0 spiro atoms. The summed E-state index contributed by atoms with van der Waals surface area (Å²) in [6, 6.07) is 6.42. The maximum atomic E-state index is 5.99. The maximum absolute atomic E-state index is 5.99. The monoisotopic (exact) mass is 398 g/mol. The Morgan fingerprint density at radius 1 is 1.57 bits per heavy atom. The van der Waals surface area contributed by atoms with Crippen molar-refractivity contribution in [2.24, 2.45) is 0 Å². The van der Waals surface area contributed by atoms with Gasteiger partial charge in [-0.25, -0.2) is 0 Å². The summed E-state index contributed by atoms with van der Waals surface area (Å²) in [5.41, 5.74) is 2.68. The number of ether oxygens (including phenoxy) is 1. The van der Waals surface area contributed by atoms with Crippen molar-refractivity contribution in [2.45, 2.75) is 29.8 Å². The van der Waals surface area contributed by atoms with Gasteiger partial charge in [-0.3, -0.25) is 0 Å². The van der Waals surface area contributed by atoms with Gasteiger partial charge >= 0.3 is 101 Å². The van der Waals surface area contributed by atoms with E-state index in [1.807, 2.05) is 0 Å². The van der Waals surface area contributed by atoms with Crippen LogP contribution in [0.25, 0.3) is 0 Å². The van der Waals surface area contributed by atoms with Crippen molar-refractivity contribution in [3.8, 4) is 5.75 Å². The van der Waals surface area contributed by atoms with Gasteiger partial charge in [0.2, 0.25) is 0 Å². The van der Waals surface area contributed by atoms with Gasteiger partial charge in [0, 0.05) is 0 Å². The van der Waals surface area contributed by atoms with Crippen LogP contribution in [0.2, 0.25) is 3.93 Å². The number of aryl methyl sites for hydroxylation is 1. The molecule has 1 aliphatic heterocycles. The Morgan fingerprint density at radius 3 is 3.07 bits per heavy atom. The molecule has 2 rings (SSSR count). The van der Waals surface area contributed by atoms with Crippen molar-refractivity contribution >= 4 is 8.25 Å². The van der Waals surface area contributed by atoms with Crippen molar-refractivity contribution in [1.82, 2.24) is 0 Å². The van der Waals surface area contributed by atoms with E-state index in [-0.39, 0.29) is 5.60 Å². The average molecular weight is 397 g/mol. The van der Waals surface area contributed by atoms with Crippen LogP contribution in [0.4, 0.5) is 0 Å². The van der Waals surface area contributed by atoms with Crippen molar-refractivity contribution in [3.05, 3.63) is 29.3 Å². The van der Waals surface area contributed by atoms with E-state index in [0.717, 1.165) is 16.1 Å². The van der Waals surface area contributed by atoms with Crippen molar-refractivity contribution in [2.75, 3.05) is 0 Å². The van der Waals surface area contributed by atoms with E-state index in [0.29, 0.717) is 0 Å². The van der Waals surface area contributed by atoms with E-state index in [9.17, 15) is 0 Å². The predicted molar refractivity (Wildman–Crippen MR) is 54.6 cm³/mol. The Hall–Kier alpha value is 0.245. The van der Waals surface area contributed by atoms with Crippen LogP contribution in [-0.4, -0.2) is 5.60 Å². The molecule has 1 aliphatic rings. The van der Waals surface area contributed by atoms with E-state index in [4.69, 9.17) is 13.0 Å². The Labute approximate surface area is 101 Å². The molecule has 0 aliphatic carbocycles. The fraction of sp³-hybridized carbons (Fsp3) is 0.455. The predicted octanol–water partition coefficient (Wildman–Crippen LogP) is 3.34. The minimum absolute atomic E-state index is 0.0133. The topological polar surface area (TPSA) is 9.23 Å². The van der Waals surface area contributed by atoms with Gasteiger partial charge in [0.25, 0.3) is 0 Å². The number of fused-ring (bicyclic) bond motifs is 1. The minimum atomic E-state index is -1.11. The first-order valence-electron chi connectivity index (χ1n) is 4.97. The van der Waals surface area contributed by atoms with Gasteiger partial charge < -0.3 is 0 Å². The summed E-state index contributed by atoms with van der Waals surface area (Å²) in [6.07, 6.45) is 1.04. The van der Waals surface area contributed by atoms with Gasteiger partial charge in [0.05, 0.1) is 0 Å². The van der Waals surface area contributed by atoms with Crippen LogP contribution < -0.4 is 4.74 Å². The van der Waals surface area contributed by atoms with Gasteiger partial charge in [0.1, 0.15) is 0 Å². The molecule has 0 radical (unpaired) electrons. The summed E-state index contributed by atoms with van der Waals surface area (Å²) in [5, 5.41) is 0. The van der Waals surface area contributed by atoms with Crippen LogP contribution in [0.5, 0.6) is 5.75 Å². The molecule has 1 unspecified atom stereocenters. The normalized spacial score (nSPS) is 23.9. The van der Waals surface area contributed by atoms with Gasteiger partial charge in [-0.05, 0) is 0 Å². The molecule has 0 amide bonds. The van der Waals surface area contributed by atoms with Crippen molar-refractivity contribution in [1.29, 1.82) is 0 Å². The molecule has 0 fully saturated rings. The third-order valence-corrected chi connectivity index (χ3v) is 9.26. The molecule has 0 saturated carbocycles. The molecule has 72 valence electrons. The standard InChI is InChI=1S/C11H13O.ClH.Hg/c1-8-4-5-10-9(6-8)7-11(2,3)12-10;;/h4-6H,2,7H2,1,3H3;1H;/q;;+1/p-1. The van der Waals surface area contributed by atoms with E-state index in [1.54, 1.807) is 0 Å². The average Bonchev–Trinajstić information content (AvgIpc) is 2.40. The molecule has 1 atom stereocenters. The summed E-state index contributed by atoms with van der Waals surface area (Å²) in [6.45, 7) is 4.31. The molecule has 1 heterocycles. The molecular formula is C11H13ClHgO. The van der Waals surface area contributed by atoms with Crippen LogP contribution in [0.3, 0.4) is 0 Å². The first-order chi connectivity index (χ1) is 6.63. The summed E-state index contributed by atoms with van der Waals surface area (Å²) < 4.78 is 7.09. The Kier molecular flexibility index (Phi) is 3.08. The number of hydrogen-bond donors (Lipinski definition) is 0. The fourth-order valence-corrected chi connectivity index (χ4v) is 8.14. The Balaban J connectivity index is 2.25. The molecule has 1 aromatic rings. The van der Waals surface area contributed by atoms with Gasteiger partial charge in [-0.1, -0.05) is 0 Å². The number of benzene rings is 1. The molecule has 0 bridgehead atoms. The molecule has 1 aromatic carbocycles. The number of halogens is 1. The van der Waals surface area contributed by atoms with E-state index < -0.39 is 23.3 Å². The summed E-state index contributed by atoms with van der Waals surface area (Å²) in [4.78, 5) is 0. The summed E-state index contributed by atoms with van der Waals surface area (Å²) in [7, 11) is 5.99. The second-order valence-electron chi connectivity index (χ2n) is 4.28. The van der Waals surface area contributed by atoms with Crippen LogP contribution in [0.1, 0.15) is 18.1 Å². The molecule has 1 nitrogen and oxygen atoms in total. The quantitative estimate of drug-likeness (QED) is 0.696. The second kappa shape index (κ2) is 4.01. The van der Waals surface area contributed by atoms with E-state index in [1.165, 1.54) is 11.1 Å². The van der Waals surface area contributed by atoms with Crippen LogP contribution >= 0.6 is 8.25 Å². The Bertz CT molecular complexity index is 353. The Morgan fingerprint density at radius 2 is 2.36 bits per heavy atom. The zero-order valence-corrected chi connectivity index (χ0v) is 14.9. The number of rotatable bonds is 2. The van der Waals surface area contributed by atoms with Crippen LogP contribution in [0.15, 0.2) is 18.2 Å². The number of hydrogen-bond acceptors (Lipinski definition) is 1. The molecule has 14 heavy (non-hydrogen) atoms. The first-order valence-corrected chi connectivity index (χ1v) is 15.6. The van der Waals surface area contributed by atoms with Gasteiger partial charge in [-0.15, -0.1) is 0 Å². The fourth-order valence-electron chi connectivity index (χ4n) is 1.99. The van der Waals surface area contributed by atoms with Crippen molar-refractivity contribution < 1.29 is 28.1 Å². The van der Waals surface area contributed by atoms with Crippen LogP contribution in [0, 0.1) is 6.92 Å². The van der Waals surface area contributed by atoms with Crippen molar-refractivity contribution in [3.63, 3.8) is 0 Å². The first kappa shape index (κ1) is 10.8. The third kappa shape index (κ3) is 2.09. The zero-order valence-electron chi connectivity index (χ0n) is 8.64. The van der Waals surface area contributed by atoms with Crippen LogP contribution in [-0.2, 0) is 29.8 Å². The molecule has 3 heteroatoms. The third-order valence-electron chi connectivity index (χ3n) is 2.76. The van der Waals surface area contributed by atoms with Gasteiger partial charge in [0.15, 0.2) is 0 Å². The summed E-state index contributed by atoms with van der Waals surface area (Å²) >= 11 is -1.11. The molecule has 0 saturated heterocycles. The second-order valence-corrected chi connectivity index (χ2v) is 11.0. The van der Waals surface area contributed by atoms with E-state index in [2.05, 4.69) is 32.0 Å². The molecule has 0 aromatic heterocycles. The zero-order chi connectivity index (χ0) is 10.2. The molecular weight excluding hydrogens is 384 g/mol. The van der Waals surface area contributed by atoms with Gasteiger partial charge in [-0.2, -0.15) is 0 Å². The van der Waals surface area contributed by atoms with E-state index >= 15 is 0 Å². The SMILES string of the molecule is Cc1ccc2c(c1)CC(C)([CH2][Hg][Cl])O2. The molecule has 0 N–H and O–H groups in total. The summed E-state index contributed by atoms with van der Waals surface area (Å²) in [5.74, 6) is 1.07.